The molecule has 5 nitrogen and oxygen atoms in total. The van der Waals surface area contributed by atoms with Crippen molar-refractivity contribution in [2.75, 3.05) is 46.4 Å². The Kier molecular flexibility index (Phi) is 6.96. The van der Waals surface area contributed by atoms with E-state index in [9.17, 15) is 4.79 Å². The number of nitrogens with two attached hydrogens (primary N) is 1. The average Bonchev–Trinajstić information content (AvgIpc) is 2.67. The van der Waals surface area contributed by atoms with Crippen LogP contribution in [0.15, 0.2) is 0 Å². The second kappa shape index (κ2) is 8.31. The SMILES string of the molecule is COCCCCCCN1CCN(CCN)C1=O. The number of unbranched alkanes of at least 4 members (excludes halogenated alkanes) is 3. The van der Waals surface area contributed by atoms with Gasteiger partial charge in [0.15, 0.2) is 0 Å². The van der Waals surface area contributed by atoms with E-state index in [1.807, 2.05) is 9.80 Å². The Morgan fingerprint density at radius 3 is 2.41 bits per heavy atom. The molecule has 0 spiro atoms. The number of carbonyl (C=O) groups is 1. The van der Waals surface area contributed by atoms with E-state index in [4.69, 9.17) is 10.5 Å². The molecule has 17 heavy (non-hydrogen) atoms. The molecule has 0 aromatic heterocycles. The molecule has 1 aliphatic rings. The summed E-state index contributed by atoms with van der Waals surface area (Å²) in [7, 11) is 1.73. The fourth-order valence-electron chi connectivity index (χ4n) is 2.11. The Bertz CT molecular complexity index is 224. The molecule has 0 saturated carbocycles. The Balaban J connectivity index is 2.06. The van der Waals surface area contributed by atoms with Crippen molar-refractivity contribution < 1.29 is 9.53 Å². The van der Waals surface area contributed by atoms with Gasteiger partial charge in [-0.3, -0.25) is 0 Å². The molecule has 1 heterocycles. The van der Waals surface area contributed by atoms with Crippen molar-refractivity contribution in [1.82, 2.24) is 9.80 Å². The van der Waals surface area contributed by atoms with E-state index in [2.05, 4.69) is 0 Å². The largest absolute Gasteiger partial charge is 0.385 e. The fourth-order valence-corrected chi connectivity index (χ4v) is 2.11. The molecule has 5 heteroatoms. The predicted molar refractivity (Wildman–Crippen MR) is 67.9 cm³/mol. The lowest BCUT2D eigenvalue weighted by molar-refractivity contribution is 0.187. The first kappa shape index (κ1) is 14.3. The van der Waals surface area contributed by atoms with Crippen LogP contribution >= 0.6 is 0 Å². The van der Waals surface area contributed by atoms with Crippen molar-refractivity contribution in [1.29, 1.82) is 0 Å². The van der Waals surface area contributed by atoms with Gasteiger partial charge in [0.2, 0.25) is 0 Å². The molecule has 0 bridgehead atoms. The number of carbonyl (C=O) groups excluding carboxylic acids is 1. The van der Waals surface area contributed by atoms with E-state index in [1.165, 1.54) is 12.8 Å². The van der Waals surface area contributed by atoms with Crippen LogP contribution in [0.5, 0.6) is 0 Å². The number of nitrogens with zero attached hydrogens (tertiary/aromatic N) is 2. The summed E-state index contributed by atoms with van der Waals surface area (Å²) in [6.45, 7) is 4.65. The minimum absolute atomic E-state index is 0.160. The molecule has 2 N–H and O–H groups in total. The van der Waals surface area contributed by atoms with Gasteiger partial charge in [0.1, 0.15) is 0 Å². The monoisotopic (exact) mass is 243 g/mol. The third-order valence-electron chi connectivity index (χ3n) is 3.11. The van der Waals surface area contributed by atoms with Crippen LogP contribution in [-0.4, -0.2) is 62.3 Å². The highest BCUT2D eigenvalue weighted by molar-refractivity contribution is 5.76. The zero-order chi connectivity index (χ0) is 12.5. The highest BCUT2D eigenvalue weighted by atomic mass is 16.5. The smallest absolute Gasteiger partial charge is 0.320 e. The summed E-state index contributed by atoms with van der Waals surface area (Å²) in [6, 6.07) is 0.160. The minimum atomic E-state index is 0.160. The molecule has 0 unspecified atom stereocenters. The quantitative estimate of drug-likeness (QED) is 0.612. The van der Waals surface area contributed by atoms with Crippen molar-refractivity contribution >= 4 is 6.03 Å². The van der Waals surface area contributed by atoms with Gasteiger partial charge in [-0.05, 0) is 12.8 Å². The lowest BCUT2D eigenvalue weighted by atomic mass is 10.2. The van der Waals surface area contributed by atoms with Gasteiger partial charge in [-0.1, -0.05) is 12.8 Å². The fraction of sp³-hybridized carbons (Fsp3) is 0.917. The number of hydrogen-bond donors (Lipinski definition) is 1. The van der Waals surface area contributed by atoms with Crippen LogP contribution in [0.1, 0.15) is 25.7 Å². The molecule has 0 atom stereocenters. The zero-order valence-corrected chi connectivity index (χ0v) is 10.9. The lowest BCUT2D eigenvalue weighted by Gasteiger charge is -2.17. The Morgan fingerprint density at radius 2 is 1.76 bits per heavy atom. The Labute approximate surface area is 104 Å². The van der Waals surface area contributed by atoms with Crippen molar-refractivity contribution in [3.05, 3.63) is 0 Å². The highest BCUT2D eigenvalue weighted by Gasteiger charge is 2.26. The maximum absolute atomic E-state index is 11.8. The summed E-state index contributed by atoms with van der Waals surface area (Å²) in [6.07, 6.45) is 4.56. The highest BCUT2D eigenvalue weighted by Crippen LogP contribution is 2.10. The number of methoxy groups -OCH3 is 1. The predicted octanol–water partition coefficient (Wildman–Crippen LogP) is 0.890. The maximum atomic E-state index is 11.8. The summed E-state index contributed by atoms with van der Waals surface area (Å²) >= 11 is 0. The van der Waals surface area contributed by atoms with Gasteiger partial charge in [0.25, 0.3) is 0 Å². The standard InChI is InChI=1S/C12H25N3O2/c1-17-11-5-3-2-4-7-14-9-10-15(8-6-13)12(14)16/h2-11,13H2,1H3. The van der Waals surface area contributed by atoms with Crippen LogP contribution in [0.25, 0.3) is 0 Å². The summed E-state index contributed by atoms with van der Waals surface area (Å²) < 4.78 is 5.00. The zero-order valence-electron chi connectivity index (χ0n) is 10.9. The molecule has 1 aliphatic heterocycles. The van der Waals surface area contributed by atoms with Gasteiger partial charge in [0, 0.05) is 46.4 Å². The number of hydrogen-bond acceptors (Lipinski definition) is 3. The van der Waals surface area contributed by atoms with Crippen molar-refractivity contribution in [3.8, 4) is 0 Å². The second-order valence-corrected chi connectivity index (χ2v) is 4.45. The van der Waals surface area contributed by atoms with Crippen LogP contribution in [0, 0.1) is 0 Å². The molecule has 0 radical (unpaired) electrons. The van der Waals surface area contributed by atoms with E-state index >= 15 is 0 Å². The molecular weight excluding hydrogens is 218 g/mol. The first-order chi connectivity index (χ1) is 8.29. The van der Waals surface area contributed by atoms with Gasteiger partial charge in [-0.15, -0.1) is 0 Å². The molecule has 0 aromatic rings. The van der Waals surface area contributed by atoms with Crippen molar-refractivity contribution in [2.45, 2.75) is 25.7 Å². The van der Waals surface area contributed by atoms with Gasteiger partial charge in [0.05, 0.1) is 0 Å². The van der Waals surface area contributed by atoms with Crippen LogP contribution < -0.4 is 5.73 Å². The van der Waals surface area contributed by atoms with Crippen LogP contribution in [0.3, 0.4) is 0 Å². The van der Waals surface area contributed by atoms with Gasteiger partial charge in [-0.25, -0.2) is 4.79 Å². The van der Waals surface area contributed by atoms with E-state index in [0.29, 0.717) is 13.1 Å². The first-order valence-corrected chi connectivity index (χ1v) is 6.52. The van der Waals surface area contributed by atoms with Gasteiger partial charge >= 0.3 is 6.03 Å². The molecule has 1 saturated heterocycles. The number of urea groups is 1. The molecule has 0 aliphatic carbocycles. The average molecular weight is 243 g/mol. The minimum Gasteiger partial charge on any atom is -0.385 e. The van der Waals surface area contributed by atoms with Crippen LogP contribution in [-0.2, 0) is 4.74 Å². The summed E-state index contributed by atoms with van der Waals surface area (Å²) in [4.78, 5) is 15.6. The summed E-state index contributed by atoms with van der Waals surface area (Å²) in [5.74, 6) is 0. The molecule has 2 amide bonds. The van der Waals surface area contributed by atoms with E-state index in [1.54, 1.807) is 7.11 Å². The van der Waals surface area contributed by atoms with E-state index < -0.39 is 0 Å². The van der Waals surface area contributed by atoms with Gasteiger partial charge in [-0.2, -0.15) is 0 Å². The molecular formula is C12H25N3O2. The topological polar surface area (TPSA) is 58.8 Å². The van der Waals surface area contributed by atoms with Gasteiger partial charge < -0.3 is 20.3 Å². The number of ether oxygens (including phenoxy) is 1. The molecule has 1 rings (SSSR count). The maximum Gasteiger partial charge on any atom is 0.320 e. The lowest BCUT2D eigenvalue weighted by Crippen LogP contribution is -2.35. The third kappa shape index (κ3) is 4.91. The van der Waals surface area contributed by atoms with E-state index in [-0.39, 0.29) is 6.03 Å². The Morgan fingerprint density at radius 1 is 1.12 bits per heavy atom. The van der Waals surface area contributed by atoms with Crippen LogP contribution in [0.4, 0.5) is 4.79 Å². The molecule has 1 fully saturated rings. The summed E-state index contributed by atoms with van der Waals surface area (Å²) in [5.41, 5.74) is 5.46. The third-order valence-corrected chi connectivity index (χ3v) is 3.11. The second-order valence-electron chi connectivity index (χ2n) is 4.45. The first-order valence-electron chi connectivity index (χ1n) is 6.52. The normalized spacial score (nSPS) is 16.0. The Hall–Kier alpha value is -0.810. The number of amides is 2. The van der Waals surface area contributed by atoms with Crippen molar-refractivity contribution in [2.24, 2.45) is 5.73 Å². The molecule has 0 aromatic carbocycles. The number of rotatable bonds is 9. The summed E-state index contributed by atoms with van der Waals surface area (Å²) in [5, 5.41) is 0. The van der Waals surface area contributed by atoms with E-state index in [0.717, 1.165) is 39.1 Å². The van der Waals surface area contributed by atoms with Crippen LogP contribution in [0.2, 0.25) is 0 Å². The molecule has 100 valence electrons. The van der Waals surface area contributed by atoms with Crippen molar-refractivity contribution in [3.63, 3.8) is 0 Å².